The van der Waals surface area contributed by atoms with Gasteiger partial charge in [-0.05, 0) is 36.6 Å². The summed E-state index contributed by atoms with van der Waals surface area (Å²) in [4.78, 5) is 24.9. The van der Waals surface area contributed by atoms with E-state index in [0.717, 1.165) is 17.7 Å². The molecule has 4 nitrogen and oxygen atoms in total. The summed E-state index contributed by atoms with van der Waals surface area (Å²) in [5.74, 6) is 1.03. The second kappa shape index (κ2) is 7.53. The van der Waals surface area contributed by atoms with Crippen molar-refractivity contribution in [3.05, 3.63) is 65.2 Å². The SMILES string of the molecule is CC(=O)c1cccc(CNC(=O)N[C@@H]2CCSc3ccccc32)c1. The van der Waals surface area contributed by atoms with Gasteiger partial charge >= 0.3 is 6.03 Å². The molecular weight excluding hydrogens is 320 g/mol. The number of thioether (sulfide) groups is 1. The number of rotatable bonds is 4. The predicted octanol–water partition coefficient (Wildman–Crippen LogP) is 3.93. The number of carbonyl (C=O) groups excluding carboxylic acids is 2. The van der Waals surface area contributed by atoms with Gasteiger partial charge in [-0.1, -0.05) is 36.4 Å². The van der Waals surface area contributed by atoms with E-state index < -0.39 is 0 Å². The first-order chi connectivity index (χ1) is 11.6. The Morgan fingerprint density at radius 1 is 1.17 bits per heavy atom. The topological polar surface area (TPSA) is 58.2 Å². The van der Waals surface area contributed by atoms with E-state index in [-0.39, 0.29) is 17.9 Å². The second-order valence-corrected chi connectivity index (χ2v) is 6.95. The minimum Gasteiger partial charge on any atom is -0.334 e. The minimum absolute atomic E-state index is 0.0256. The molecule has 0 spiro atoms. The van der Waals surface area contributed by atoms with Crippen molar-refractivity contribution in [1.82, 2.24) is 10.6 Å². The van der Waals surface area contributed by atoms with E-state index in [4.69, 9.17) is 0 Å². The number of urea groups is 1. The average molecular weight is 340 g/mol. The fraction of sp³-hybridized carbons (Fsp3) is 0.263. The van der Waals surface area contributed by atoms with Crippen molar-refractivity contribution in [2.24, 2.45) is 0 Å². The quantitative estimate of drug-likeness (QED) is 0.829. The largest absolute Gasteiger partial charge is 0.334 e. The molecular formula is C19H20N2O2S. The highest BCUT2D eigenvalue weighted by atomic mass is 32.2. The number of hydrogen-bond donors (Lipinski definition) is 2. The Labute approximate surface area is 146 Å². The molecule has 2 aromatic rings. The van der Waals surface area contributed by atoms with Crippen LogP contribution in [-0.2, 0) is 6.54 Å². The van der Waals surface area contributed by atoms with Gasteiger partial charge in [-0.2, -0.15) is 0 Å². The molecule has 1 heterocycles. The number of benzene rings is 2. The lowest BCUT2D eigenvalue weighted by Gasteiger charge is -2.26. The van der Waals surface area contributed by atoms with E-state index in [0.29, 0.717) is 12.1 Å². The zero-order chi connectivity index (χ0) is 16.9. The van der Waals surface area contributed by atoms with Crippen LogP contribution in [0.2, 0.25) is 0 Å². The van der Waals surface area contributed by atoms with Crippen LogP contribution in [0.3, 0.4) is 0 Å². The molecule has 0 fully saturated rings. The number of nitrogens with one attached hydrogen (secondary N) is 2. The van der Waals surface area contributed by atoms with Crippen molar-refractivity contribution in [1.29, 1.82) is 0 Å². The summed E-state index contributed by atoms with van der Waals surface area (Å²) in [5, 5.41) is 5.93. The number of amides is 2. The normalized spacial score (nSPS) is 16.1. The summed E-state index contributed by atoms with van der Waals surface area (Å²) in [7, 11) is 0. The molecule has 1 atom stereocenters. The highest BCUT2D eigenvalue weighted by Gasteiger charge is 2.21. The van der Waals surface area contributed by atoms with Crippen LogP contribution in [0.15, 0.2) is 53.4 Å². The molecule has 3 rings (SSSR count). The van der Waals surface area contributed by atoms with Gasteiger partial charge in [0.05, 0.1) is 6.04 Å². The Morgan fingerprint density at radius 3 is 2.83 bits per heavy atom. The molecule has 0 aliphatic carbocycles. The summed E-state index contributed by atoms with van der Waals surface area (Å²) < 4.78 is 0. The van der Waals surface area contributed by atoms with Crippen LogP contribution in [0.4, 0.5) is 4.79 Å². The van der Waals surface area contributed by atoms with Gasteiger partial charge in [0.1, 0.15) is 0 Å². The van der Waals surface area contributed by atoms with Gasteiger partial charge in [-0.15, -0.1) is 11.8 Å². The molecule has 124 valence electrons. The highest BCUT2D eigenvalue weighted by Crippen LogP contribution is 2.35. The monoisotopic (exact) mass is 340 g/mol. The Kier molecular flexibility index (Phi) is 5.20. The van der Waals surface area contributed by atoms with Crippen LogP contribution in [-0.4, -0.2) is 17.6 Å². The van der Waals surface area contributed by atoms with Gasteiger partial charge in [0.15, 0.2) is 5.78 Å². The van der Waals surface area contributed by atoms with Crippen molar-refractivity contribution < 1.29 is 9.59 Å². The summed E-state index contributed by atoms with van der Waals surface area (Å²) in [6.45, 7) is 1.94. The number of hydrogen-bond acceptors (Lipinski definition) is 3. The number of ketones is 1. The molecule has 0 unspecified atom stereocenters. The maximum atomic E-state index is 12.2. The molecule has 5 heteroatoms. The Balaban J connectivity index is 1.59. The van der Waals surface area contributed by atoms with Gasteiger partial charge in [-0.25, -0.2) is 4.79 Å². The fourth-order valence-corrected chi connectivity index (χ4v) is 3.91. The van der Waals surface area contributed by atoms with Crippen LogP contribution in [0.1, 0.15) is 40.9 Å². The lowest BCUT2D eigenvalue weighted by molar-refractivity contribution is 0.101. The molecule has 0 saturated carbocycles. The van der Waals surface area contributed by atoms with Gasteiger partial charge in [-0.3, -0.25) is 4.79 Å². The molecule has 1 aliphatic heterocycles. The molecule has 1 aliphatic rings. The van der Waals surface area contributed by atoms with Crippen LogP contribution >= 0.6 is 11.8 Å². The van der Waals surface area contributed by atoms with Gasteiger partial charge in [0.25, 0.3) is 0 Å². The molecule has 2 aromatic carbocycles. The molecule has 2 N–H and O–H groups in total. The molecule has 0 saturated heterocycles. The van der Waals surface area contributed by atoms with Crippen LogP contribution in [0, 0.1) is 0 Å². The third-order valence-electron chi connectivity index (χ3n) is 4.05. The molecule has 2 amide bonds. The number of carbonyl (C=O) groups is 2. The van der Waals surface area contributed by atoms with Crippen LogP contribution in [0.25, 0.3) is 0 Å². The molecule has 0 bridgehead atoms. The van der Waals surface area contributed by atoms with E-state index in [1.54, 1.807) is 6.07 Å². The summed E-state index contributed by atoms with van der Waals surface area (Å²) in [5.41, 5.74) is 2.76. The zero-order valence-corrected chi connectivity index (χ0v) is 14.4. The van der Waals surface area contributed by atoms with E-state index in [1.807, 2.05) is 42.1 Å². The lowest BCUT2D eigenvalue weighted by atomic mass is 10.0. The first-order valence-electron chi connectivity index (χ1n) is 7.99. The van der Waals surface area contributed by atoms with Crippen molar-refractivity contribution in [3.8, 4) is 0 Å². The summed E-state index contributed by atoms with van der Waals surface area (Å²) in [6.07, 6.45) is 0.926. The average Bonchev–Trinajstić information content (AvgIpc) is 2.60. The summed E-state index contributed by atoms with van der Waals surface area (Å²) >= 11 is 1.83. The van der Waals surface area contributed by atoms with E-state index in [9.17, 15) is 9.59 Å². The van der Waals surface area contributed by atoms with Crippen molar-refractivity contribution >= 4 is 23.6 Å². The van der Waals surface area contributed by atoms with Crippen LogP contribution < -0.4 is 10.6 Å². The van der Waals surface area contributed by atoms with Gasteiger partial charge in [0.2, 0.25) is 0 Å². The van der Waals surface area contributed by atoms with Crippen molar-refractivity contribution in [2.75, 3.05) is 5.75 Å². The predicted molar refractivity (Wildman–Crippen MR) is 96.3 cm³/mol. The standard InChI is InChI=1S/C19H20N2O2S/c1-13(22)15-6-4-5-14(11-15)12-20-19(23)21-17-9-10-24-18-8-3-2-7-16(17)18/h2-8,11,17H,9-10,12H2,1H3,(H2,20,21,23)/t17-/m1/s1. The van der Waals surface area contributed by atoms with Crippen molar-refractivity contribution in [2.45, 2.75) is 30.8 Å². The van der Waals surface area contributed by atoms with Gasteiger partial charge < -0.3 is 10.6 Å². The lowest BCUT2D eigenvalue weighted by Crippen LogP contribution is -2.38. The van der Waals surface area contributed by atoms with Crippen molar-refractivity contribution in [3.63, 3.8) is 0 Å². The number of Topliss-reactive ketones (excluding diaryl/α,β-unsaturated/α-hetero) is 1. The van der Waals surface area contributed by atoms with E-state index in [1.165, 1.54) is 17.4 Å². The maximum absolute atomic E-state index is 12.2. The highest BCUT2D eigenvalue weighted by molar-refractivity contribution is 7.99. The zero-order valence-electron chi connectivity index (χ0n) is 13.5. The Hall–Kier alpha value is -2.27. The van der Waals surface area contributed by atoms with Crippen LogP contribution in [0.5, 0.6) is 0 Å². The minimum atomic E-state index is -0.185. The Morgan fingerprint density at radius 2 is 2.00 bits per heavy atom. The summed E-state index contributed by atoms with van der Waals surface area (Å²) in [6, 6.07) is 15.4. The van der Waals surface area contributed by atoms with Gasteiger partial charge in [0, 0.05) is 22.8 Å². The molecule has 0 radical (unpaired) electrons. The first-order valence-corrected chi connectivity index (χ1v) is 8.98. The third-order valence-corrected chi connectivity index (χ3v) is 5.17. The fourth-order valence-electron chi connectivity index (χ4n) is 2.78. The smallest absolute Gasteiger partial charge is 0.315 e. The molecule has 0 aromatic heterocycles. The number of fused-ring (bicyclic) bond motifs is 1. The van der Waals surface area contributed by atoms with E-state index in [2.05, 4.69) is 22.8 Å². The molecule has 24 heavy (non-hydrogen) atoms. The third kappa shape index (κ3) is 3.97. The maximum Gasteiger partial charge on any atom is 0.315 e. The first kappa shape index (κ1) is 16.6. The van der Waals surface area contributed by atoms with E-state index >= 15 is 0 Å². The Bertz CT molecular complexity index is 761. The second-order valence-electron chi connectivity index (χ2n) is 5.81.